The number of aromatic nitrogens is 2. The van der Waals surface area contributed by atoms with E-state index in [1.165, 1.54) is 6.07 Å². The Balaban J connectivity index is 2.02. The Morgan fingerprint density at radius 1 is 0.949 bits per heavy atom. The maximum Gasteiger partial charge on any atom is 0.329 e. The van der Waals surface area contributed by atoms with E-state index in [0.717, 1.165) is 4.57 Å². The predicted octanol–water partition coefficient (Wildman–Crippen LogP) is 0.449. The number of carboxylic acid groups (broad SMARTS) is 1. The normalized spacial score (nSPS) is 13.4. The molecular formula is C27H31N5O7. The van der Waals surface area contributed by atoms with Crippen LogP contribution in [0, 0.1) is 5.92 Å². The fraction of sp³-hybridized carbons (Fsp3) is 0.333. The number of para-hydroxylation sites is 1. The van der Waals surface area contributed by atoms with E-state index in [1.807, 2.05) is 0 Å². The van der Waals surface area contributed by atoms with Gasteiger partial charge in [0.1, 0.15) is 18.1 Å². The number of fused-ring (bicyclic) bond motifs is 1. The minimum absolute atomic E-state index is 0.0676. The molecule has 0 spiro atoms. The lowest BCUT2D eigenvalue weighted by Crippen LogP contribution is -2.55. The van der Waals surface area contributed by atoms with Gasteiger partial charge in [-0.3, -0.25) is 19.2 Å². The number of aromatic amines is 1. The topological polar surface area (TPSA) is 193 Å². The second-order valence-corrected chi connectivity index (χ2v) is 9.49. The lowest BCUT2D eigenvalue weighted by atomic mass is 10.0. The summed E-state index contributed by atoms with van der Waals surface area (Å²) in [4.78, 5) is 78.8. The van der Waals surface area contributed by atoms with Gasteiger partial charge in [-0.1, -0.05) is 56.3 Å². The average molecular weight is 538 g/mol. The molecule has 3 rings (SSSR count). The van der Waals surface area contributed by atoms with Gasteiger partial charge in [-0.15, -0.1) is 0 Å². The molecule has 1 aromatic heterocycles. The molecule has 2 aromatic carbocycles. The SMILES string of the molecule is CC(C)[C@@H](NC(=O)[C@H](CCC(N)=O)NC(=O)[C@H](Cc1ccccc1)n1c(=O)[nH]c2ccccc2c1=O)C(=O)O. The minimum Gasteiger partial charge on any atom is -0.480 e. The number of carboxylic acids is 1. The van der Waals surface area contributed by atoms with Crippen molar-refractivity contribution >= 4 is 34.6 Å². The highest BCUT2D eigenvalue weighted by Gasteiger charge is 2.32. The van der Waals surface area contributed by atoms with Gasteiger partial charge in [-0.05, 0) is 30.0 Å². The zero-order valence-corrected chi connectivity index (χ0v) is 21.5. The van der Waals surface area contributed by atoms with Crippen LogP contribution in [0.1, 0.15) is 38.3 Å². The predicted molar refractivity (Wildman–Crippen MR) is 143 cm³/mol. The van der Waals surface area contributed by atoms with Crippen LogP contribution in [0.15, 0.2) is 64.2 Å². The summed E-state index contributed by atoms with van der Waals surface area (Å²) in [5, 5.41) is 14.5. The minimum atomic E-state index is -1.38. The third-order valence-electron chi connectivity index (χ3n) is 6.27. The summed E-state index contributed by atoms with van der Waals surface area (Å²) in [5.74, 6) is -4.16. The van der Waals surface area contributed by atoms with Crippen molar-refractivity contribution in [3.05, 3.63) is 81.0 Å². The molecule has 3 atom stereocenters. The number of carbonyl (C=O) groups is 4. The fourth-order valence-electron chi connectivity index (χ4n) is 4.19. The number of carbonyl (C=O) groups excluding carboxylic acids is 3. The highest BCUT2D eigenvalue weighted by molar-refractivity contribution is 5.92. The first-order valence-electron chi connectivity index (χ1n) is 12.4. The summed E-state index contributed by atoms with van der Waals surface area (Å²) in [5.41, 5.74) is 4.67. The maximum atomic E-state index is 13.7. The van der Waals surface area contributed by atoms with Gasteiger partial charge in [-0.25, -0.2) is 14.2 Å². The number of amides is 3. The number of nitrogens with two attached hydrogens (primary N) is 1. The van der Waals surface area contributed by atoms with Gasteiger partial charge in [0, 0.05) is 12.8 Å². The van der Waals surface area contributed by atoms with Crippen molar-refractivity contribution in [1.29, 1.82) is 0 Å². The number of aliphatic carboxylic acids is 1. The van der Waals surface area contributed by atoms with Gasteiger partial charge in [0.25, 0.3) is 5.56 Å². The van der Waals surface area contributed by atoms with Crippen molar-refractivity contribution in [2.45, 2.75) is 51.2 Å². The number of H-pyrrole nitrogens is 1. The van der Waals surface area contributed by atoms with Gasteiger partial charge in [-0.2, -0.15) is 0 Å². The molecule has 3 aromatic rings. The Bertz CT molecular complexity index is 1480. The van der Waals surface area contributed by atoms with E-state index in [-0.39, 0.29) is 24.6 Å². The quantitative estimate of drug-likeness (QED) is 0.221. The standard InChI is InChI=1S/C27H31N5O7/c1-15(2)22(26(37)38)31-23(34)19(12-13-21(28)33)29-24(35)20(14-16-8-4-3-5-9-16)32-25(36)17-10-6-7-11-18(17)30-27(32)39/h3-11,15,19-20,22H,12-14H2,1-2H3,(H2,28,33)(H,29,35)(H,30,39)(H,31,34)(H,37,38)/t19-,20-,22+/m0/s1. The third kappa shape index (κ3) is 7.18. The van der Waals surface area contributed by atoms with Crippen LogP contribution in [0.5, 0.6) is 0 Å². The van der Waals surface area contributed by atoms with E-state index in [4.69, 9.17) is 5.73 Å². The summed E-state index contributed by atoms with van der Waals surface area (Å²) in [6.45, 7) is 3.20. The molecule has 0 fully saturated rings. The molecule has 39 heavy (non-hydrogen) atoms. The fourth-order valence-corrected chi connectivity index (χ4v) is 4.19. The van der Waals surface area contributed by atoms with E-state index in [9.17, 15) is 33.9 Å². The van der Waals surface area contributed by atoms with Crippen LogP contribution < -0.4 is 27.6 Å². The van der Waals surface area contributed by atoms with Crippen LogP contribution in [0.3, 0.4) is 0 Å². The van der Waals surface area contributed by atoms with Gasteiger partial charge in [0.05, 0.1) is 10.9 Å². The van der Waals surface area contributed by atoms with Gasteiger partial charge in [0.2, 0.25) is 17.7 Å². The van der Waals surface area contributed by atoms with Crippen LogP contribution in [0.25, 0.3) is 10.9 Å². The van der Waals surface area contributed by atoms with Crippen molar-refractivity contribution in [2.75, 3.05) is 0 Å². The number of primary amides is 1. The van der Waals surface area contributed by atoms with Gasteiger partial charge >= 0.3 is 11.7 Å². The van der Waals surface area contributed by atoms with Gasteiger partial charge < -0.3 is 26.5 Å². The number of benzene rings is 2. The Morgan fingerprint density at radius 3 is 2.21 bits per heavy atom. The summed E-state index contributed by atoms with van der Waals surface area (Å²) in [7, 11) is 0. The van der Waals surface area contributed by atoms with Crippen molar-refractivity contribution in [1.82, 2.24) is 20.2 Å². The second-order valence-electron chi connectivity index (χ2n) is 9.49. The molecule has 0 aliphatic carbocycles. The Morgan fingerprint density at radius 2 is 1.59 bits per heavy atom. The Labute approximate surface area is 223 Å². The maximum absolute atomic E-state index is 13.7. The first kappa shape index (κ1) is 28.8. The first-order valence-corrected chi connectivity index (χ1v) is 12.4. The zero-order valence-electron chi connectivity index (χ0n) is 21.5. The van der Waals surface area contributed by atoms with Crippen molar-refractivity contribution in [2.24, 2.45) is 11.7 Å². The zero-order chi connectivity index (χ0) is 28.7. The molecule has 0 radical (unpaired) electrons. The lowest BCUT2D eigenvalue weighted by molar-refractivity contribution is -0.143. The molecule has 6 N–H and O–H groups in total. The lowest BCUT2D eigenvalue weighted by Gasteiger charge is -2.25. The van der Waals surface area contributed by atoms with E-state index in [0.29, 0.717) is 11.1 Å². The molecule has 3 amide bonds. The molecular weight excluding hydrogens is 506 g/mol. The van der Waals surface area contributed by atoms with Crippen LogP contribution in [0.4, 0.5) is 0 Å². The number of nitrogens with zero attached hydrogens (tertiary/aromatic N) is 1. The van der Waals surface area contributed by atoms with E-state index in [2.05, 4.69) is 15.6 Å². The summed E-state index contributed by atoms with van der Waals surface area (Å²) >= 11 is 0. The van der Waals surface area contributed by atoms with E-state index < -0.39 is 59.0 Å². The molecule has 0 unspecified atom stereocenters. The number of rotatable bonds is 12. The molecule has 0 saturated heterocycles. The molecule has 1 heterocycles. The number of nitrogens with one attached hydrogen (secondary N) is 3. The Hall–Kier alpha value is -4.74. The van der Waals surface area contributed by atoms with Crippen LogP contribution in [-0.2, 0) is 25.6 Å². The highest BCUT2D eigenvalue weighted by atomic mass is 16.4. The molecule has 12 heteroatoms. The van der Waals surface area contributed by atoms with Crippen molar-refractivity contribution < 1.29 is 24.3 Å². The van der Waals surface area contributed by atoms with Crippen LogP contribution in [-0.4, -0.2) is 50.4 Å². The van der Waals surface area contributed by atoms with Crippen LogP contribution >= 0.6 is 0 Å². The molecule has 0 saturated carbocycles. The van der Waals surface area contributed by atoms with Crippen molar-refractivity contribution in [3.8, 4) is 0 Å². The highest BCUT2D eigenvalue weighted by Crippen LogP contribution is 2.15. The monoisotopic (exact) mass is 537 g/mol. The third-order valence-corrected chi connectivity index (χ3v) is 6.27. The second kappa shape index (κ2) is 12.7. The van der Waals surface area contributed by atoms with E-state index >= 15 is 0 Å². The molecule has 206 valence electrons. The van der Waals surface area contributed by atoms with Gasteiger partial charge in [0.15, 0.2) is 0 Å². The van der Waals surface area contributed by atoms with Crippen molar-refractivity contribution in [3.63, 3.8) is 0 Å². The Kier molecular flexibility index (Phi) is 9.37. The summed E-state index contributed by atoms with van der Waals surface area (Å²) < 4.78 is 0.794. The smallest absolute Gasteiger partial charge is 0.329 e. The van der Waals surface area contributed by atoms with E-state index in [1.54, 1.807) is 62.4 Å². The molecule has 0 aliphatic heterocycles. The first-order chi connectivity index (χ1) is 18.5. The largest absolute Gasteiger partial charge is 0.480 e. The number of hydrogen-bond donors (Lipinski definition) is 5. The number of hydrogen-bond acceptors (Lipinski definition) is 6. The molecule has 0 aliphatic rings. The summed E-state index contributed by atoms with van der Waals surface area (Å²) in [6, 6.07) is 11.0. The van der Waals surface area contributed by atoms with Crippen LogP contribution in [0.2, 0.25) is 0 Å². The molecule has 12 nitrogen and oxygen atoms in total. The summed E-state index contributed by atoms with van der Waals surface area (Å²) in [6.07, 6.45) is -0.572. The molecule has 0 bridgehead atoms. The average Bonchev–Trinajstić information content (AvgIpc) is 2.88.